The summed E-state index contributed by atoms with van der Waals surface area (Å²) in [6.45, 7) is 5.43. The Labute approximate surface area is 124 Å². The van der Waals surface area contributed by atoms with Crippen LogP contribution in [-0.2, 0) is 4.79 Å². The zero-order valence-electron chi connectivity index (χ0n) is 12.5. The monoisotopic (exact) mass is 282 g/mol. The first-order valence-corrected chi connectivity index (χ1v) is 6.97. The molecule has 3 nitrogen and oxygen atoms in total. The molecule has 3 heteroatoms. The molecule has 0 N–H and O–H groups in total. The van der Waals surface area contributed by atoms with Crippen LogP contribution in [0.25, 0.3) is 0 Å². The van der Waals surface area contributed by atoms with Crippen molar-refractivity contribution in [3.8, 4) is 0 Å². The molecule has 1 aliphatic rings. The molecule has 1 aromatic rings. The van der Waals surface area contributed by atoms with E-state index in [1.807, 2.05) is 19.9 Å². The second-order valence-corrected chi connectivity index (χ2v) is 5.32. The van der Waals surface area contributed by atoms with Crippen LogP contribution in [0.1, 0.15) is 47.9 Å². The highest BCUT2D eigenvalue weighted by atomic mass is 16.1. The number of allylic oxidation sites excluding steroid dienone is 4. The zero-order valence-corrected chi connectivity index (χ0v) is 12.5. The maximum atomic E-state index is 12.7. The molecule has 1 unspecified atom stereocenters. The average Bonchev–Trinajstić information content (AvgIpc) is 2.51. The van der Waals surface area contributed by atoms with E-state index in [1.165, 1.54) is 0 Å². The van der Waals surface area contributed by atoms with Crippen LogP contribution in [0.15, 0.2) is 47.1 Å². The summed E-state index contributed by atoms with van der Waals surface area (Å²) >= 11 is 0. The van der Waals surface area contributed by atoms with Crippen LogP contribution in [0.5, 0.6) is 0 Å². The van der Waals surface area contributed by atoms with Crippen molar-refractivity contribution in [1.82, 2.24) is 0 Å². The fourth-order valence-corrected chi connectivity index (χ4v) is 2.65. The Kier molecular flexibility index (Phi) is 4.32. The van der Waals surface area contributed by atoms with Gasteiger partial charge in [0, 0.05) is 28.2 Å². The molecule has 0 aromatic heterocycles. The van der Waals surface area contributed by atoms with Crippen LogP contribution in [0.4, 0.5) is 0 Å². The summed E-state index contributed by atoms with van der Waals surface area (Å²) in [7, 11) is 0. The SMILES string of the molecule is CC=C(C)CC(C=O)C1=C(C)C(=O)c2ccccc2C1=O. The number of ketones is 2. The largest absolute Gasteiger partial charge is 0.303 e. The van der Waals surface area contributed by atoms with E-state index in [0.717, 1.165) is 11.9 Å². The van der Waals surface area contributed by atoms with Crippen LogP contribution in [-0.4, -0.2) is 17.9 Å². The molecule has 0 saturated carbocycles. The third-order valence-electron chi connectivity index (χ3n) is 3.98. The zero-order chi connectivity index (χ0) is 15.6. The fraction of sp³-hybridized carbons (Fsp3) is 0.278. The predicted octanol–water partition coefficient (Wildman–Crippen LogP) is 3.55. The van der Waals surface area contributed by atoms with Gasteiger partial charge in [0.1, 0.15) is 6.29 Å². The molecule has 108 valence electrons. The molecular formula is C18H18O3. The van der Waals surface area contributed by atoms with E-state index < -0.39 is 5.92 Å². The predicted molar refractivity (Wildman–Crippen MR) is 81.4 cm³/mol. The molecule has 0 radical (unpaired) electrons. The minimum absolute atomic E-state index is 0.162. The topological polar surface area (TPSA) is 51.2 Å². The molecule has 21 heavy (non-hydrogen) atoms. The lowest BCUT2D eigenvalue weighted by Gasteiger charge is -2.22. The van der Waals surface area contributed by atoms with E-state index in [0.29, 0.717) is 28.7 Å². The normalized spacial score (nSPS) is 16.8. The van der Waals surface area contributed by atoms with Crippen molar-refractivity contribution in [2.45, 2.75) is 27.2 Å². The molecule has 1 aromatic carbocycles. The average molecular weight is 282 g/mol. The van der Waals surface area contributed by atoms with Crippen molar-refractivity contribution < 1.29 is 14.4 Å². The van der Waals surface area contributed by atoms with Crippen LogP contribution in [0.3, 0.4) is 0 Å². The number of hydrogen-bond acceptors (Lipinski definition) is 3. The van der Waals surface area contributed by atoms with E-state index >= 15 is 0 Å². The Bertz CT molecular complexity index is 677. The molecule has 1 atom stereocenters. The summed E-state index contributed by atoms with van der Waals surface area (Å²) in [5.74, 6) is -0.931. The molecule has 0 fully saturated rings. The number of benzene rings is 1. The molecule has 0 amide bonds. The Hall–Kier alpha value is -2.29. The summed E-state index contributed by atoms with van der Waals surface area (Å²) in [5.41, 5.74) is 2.57. The lowest BCUT2D eigenvalue weighted by molar-refractivity contribution is -0.110. The number of carbonyl (C=O) groups excluding carboxylic acids is 3. The number of Topliss-reactive ketones (excluding diaryl/α,β-unsaturated/α-hetero) is 2. The smallest absolute Gasteiger partial charge is 0.190 e. The van der Waals surface area contributed by atoms with Gasteiger partial charge in [0.05, 0.1) is 0 Å². The summed E-state index contributed by atoms with van der Waals surface area (Å²) < 4.78 is 0. The van der Waals surface area contributed by atoms with Gasteiger partial charge < -0.3 is 4.79 Å². The molecular weight excluding hydrogens is 264 g/mol. The standard InChI is InChI=1S/C18H18O3/c1-4-11(2)9-13(10-19)16-12(3)17(20)14-7-5-6-8-15(14)18(16)21/h4-8,10,13H,9H2,1-3H3. The lowest BCUT2D eigenvalue weighted by Crippen LogP contribution is -2.26. The van der Waals surface area contributed by atoms with Crippen molar-refractivity contribution in [3.63, 3.8) is 0 Å². The summed E-state index contributed by atoms with van der Waals surface area (Å²) in [4.78, 5) is 36.5. The van der Waals surface area contributed by atoms with Gasteiger partial charge in [0.2, 0.25) is 0 Å². The maximum Gasteiger partial charge on any atom is 0.190 e. The van der Waals surface area contributed by atoms with Gasteiger partial charge in [-0.05, 0) is 27.2 Å². The van der Waals surface area contributed by atoms with Crippen molar-refractivity contribution in [2.24, 2.45) is 5.92 Å². The highest BCUT2D eigenvalue weighted by Crippen LogP contribution is 2.32. The van der Waals surface area contributed by atoms with E-state index in [2.05, 4.69) is 0 Å². The minimum atomic E-state index is -0.564. The fourth-order valence-electron chi connectivity index (χ4n) is 2.65. The molecule has 0 spiro atoms. The minimum Gasteiger partial charge on any atom is -0.303 e. The molecule has 0 aliphatic heterocycles. The van der Waals surface area contributed by atoms with Gasteiger partial charge >= 0.3 is 0 Å². The van der Waals surface area contributed by atoms with E-state index in [-0.39, 0.29) is 11.6 Å². The maximum absolute atomic E-state index is 12.7. The first-order valence-electron chi connectivity index (χ1n) is 6.97. The number of fused-ring (bicyclic) bond motifs is 1. The molecule has 1 aliphatic carbocycles. The molecule has 0 heterocycles. The van der Waals surface area contributed by atoms with Gasteiger partial charge in [-0.25, -0.2) is 0 Å². The van der Waals surface area contributed by atoms with Gasteiger partial charge in [-0.15, -0.1) is 0 Å². The Morgan fingerprint density at radius 2 is 1.71 bits per heavy atom. The molecule has 0 saturated heterocycles. The van der Waals surface area contributed by atoms with Crippen molar-refractivity contribution in [2.75, 3.05) is 0 Å². The van der Waals surface area contributed by atoms with Crippen molar-refractivity contribution in [3.05, 3.63) is 58.2 Å². The van der Waals surface area contributed by atoms with Gasteiger partial charge in [0.15, 0.2) is 11.6 Å². The number of aldehydes is 1. The third kappa shape index (κ3) is 2.64. The Morgan fingerprint density at radius 3 is 2.24 bits per heavy atom. The van der Waals surface area contributed by atoms with E-state index in [9.17, 15) is 14.4 Å². The van der Waals surface area contributed by atoms with Crippen molar-refractivity contribution in [1.29, 1.82) is 0 Å². The van der Waals surface area contributed by atoms with E-state index in [4.69, 9.17) is 0 Å². The Morgan fingerprint density at radius 1 is 1.14 bits per heavy atom. The van der Waals surface area contributed by atoms with Crippen LogP contribution >= 0.6 is 0 Å². The number of carbonyl (C=O) groups is 3. The number of rotatable bonds is 4. The van der Waals surface area contributed by atoms with Gasteiger partial charge in [-0.3, -0.25) is 9.59 Å². The third-order valence-corrected chi connectivity index (χ3v) is 3.98. The van der Waals surface area contributed by atoms with E-state index in [1.54, 1.807) is 31.2 Å². The number of hydrogen-bond donors (Lipinski definition) is 0. The van der Waals surface area contributed by atoms with Crippen molar-refractivity contribution >= 4 is 17.9 Å². The highest BCUT2D eigenvalue weighted by molar-refractivity contribution is 6.27. The Balaban J connectivity index is 2.53. The van der Waals surface area contributed by atoms with Gasteiger partial charge in [0.25, 0.3) is 0 Å². The quantitative estimate of drug-likeness (QED) is 0.627. The lowest BCUT2D eigenvalue weighted by atomic mass is 9.78. The van der Waals surface area contributed by atoms with Crippen LogP contribution in [0.2, 0.25) is 0 Å². The molecule has 2 rings (SSSR count). The van der Waals surface area contributed by atoms with Gasteiger partial charge in [-0.2, -0.15) is 0 Å². The van der Waals surface area contributed by atoms with Crippen LogP contribution in [0, 0.1) is 5.92 Å². The highest BCUT2D eigenvalue weighted by Gasteiger charge is 2.33. The summed E-state index contributed by atoms with van der Waals surface area (Å²) in [6.07, 6.45) is 3.15. The summed E-state index contributed by atoms with van der Waals surface area (Å²) in [5, 5.41) is 0. The van der Waals surface area contributed by atoms with Crippen LogP contribution < -0.4 is 0 Å². The second kappa shape index (κ2) is 6.00. The first kappa shape index (κ1) is 15.1. The first-order chi connectivity index (χ1) is 10.0. The summed E-state index contributed by atoms with van der Waals surface area (Å²) in [6, 6.07) is 6.77. The second-order valence-electron chi connectivity index (χ2n) is 5.32. The van der Waals surface area contributed by atoms with Gasteiger partial charge in [-0.1, -0.05) is 35.9 Å². The molecule has 0 bridgehead atoms.